The third-order valence-electron chi connectivity index (χ3n) is 3.73. The standard InChI is InChI=1S/C16H18O4/c1-11-9-18-16-13(10-19-15(11)16)20-14(17)8-7-12-5-3-2-4-6-12/h2-8,11,13,15-16H,9-10H2,1H3/b8-7+/t11-,13-,15-,16-/m1/s1. The van der Waals surface area contributed by atoms with Gasteiger partial charge >= 0.3 is 5.97 Å². The summed E-state index contributed by atoms with van der Waals surface area (Å²) in [4.78, 5) is 11.8. The second kappa shape index (κ2) is 5.77. The van der Waals surface area contributed by atoms with Crippen LogP contribution in [-0.2, 0) is 19.0 Å². The zero-order valence-corrected chi connectivity index (χ0v) is 11.4. The highest BCUT2D eigenvalue weighted by molar-refractivity contribution is 5.87. The molecule has 4 heteroatoms. The zero-order valence-electron chi connectivity index (χ0n) is 11.4. The topological polar surface area (TPSA) is 44.8 Å². The molecule has 0 radical (unpaired) electrons. The van der Waals surface area contributed by atoms with Crippen molar-refractivity contribution in [3.8, 4) is 0 Å². The zero-order chi connectivity index (χ0) is 13.9. The number of ether oxygens (including phenoxy) is 3. The lowest BCUT2D eigenvalue weighted by Crippen LogP contribution is -2.32. The van der Waals surface area contributed by atoms with Gasteiger partial charge < -0.3 is 14.2 Å². The van der Waals surface area contributed by atoms with Crippen LogP contribution < -0.4 is 0 Å². The number of esters is 1. The van der Waals surface area contributed by atoms with Crippen LogP contribution in [0.25, 0.3) is 6.08 Å². The average Bonchev–Trinajstić information content (AvgIpc) is 3.02. The molecular weight excluding hydrogens is 256 g/mol. The van der Waals surface area contributed by atoms with Crippen LogP contribution in [0, 0.1) is 5.92 Å². The largest absolute Gasteiger partial charge is 0.454 e. The predicted octanol–water partition coefficient (Wildman–Crippen LogP) is 2.05. The van der Waals surface area contributed by atoms with E-state index in [4.69, 9.17) is 14.2 Å². The summed E-state index contributed by atoms with van der Waals surface area (Å²) in [6.07, 6.45) is 2.84. The summed E-state index contributed by atoms with van der Waals surface area (Å²) in [5, 5.41) is 0. The van der Waals surface area contributed by atoms with Gasteiger partial charge in [0.15, 0.2) is 6.10 Å². The SMILES string of the molecule is C[C@@H]1CO[C@H]2[C@@H]1OC[C@H]2OC(=O)/C=C/c1ccccc1. The van der Waals surface area contributed by atoms with Crippen LogP contribution in [0.1, 0.15) is 12.5 Å². The van der Waals surface area contributed by atoms with E-state index in [1.54, 1.807) is 6.08 Å². The van der Waals surface area contributed by atoms with Crippen LogP contribution in [0.3, 0.4) is 0 Å². The van der Waals surface area contributed by atoms with Crippen molar-refractivity contribution >= 4 is 12.0 Å². The van der Waals surface area contributed by atoms with Gasteiger partial charge in [-0.25, -0.2) is 4.79 Å². The molecule has 0 saturated carbocycles. The van der Waals surface area contributed by atoms with Gasteiger partial charge in [0.25, 0.3) is 0 Å². The number of hydrogen-bond donors (Lipinski definition) is 0. The summed E-state index contributed by atoms with van der Waals surface area (Å²) >= 11 is 0. The highest BCUT2D eigenvalue weighted by Crippen LogP contribution is 2.32. The Balaban J connectivity index is 1.56. The van der Waals surface area contributed by atoms with Crippen molar-refractivity contribution < 1.29 is 19.0 Å². The Morgan fingerprint density at radius 3 is 2.75 bits per heavy atom. The van der Waals surface area contributed by atoms with E-state index in [0.717, 1.165) is 5.56 Å². The number of carbonyl (C=O) groups excluding carboxylic acids is 1. The van der Waals surface area contributed by atoms with Crippen LogP contribution in [0.2, 0.25) is 0 Å². The molecular formula is C16H18O4. The second-order valence-corrected chi connectivity index (χ2v) is 5.29. The maximum atomic E-state index is 11.8. The molecule has 2 aliphatic rings. The Labute approximate surface area is 118 Å². The van der Waals surface area contributed by atoms with E-state index in [1.807, 2.05) is 30.3 Å². The number of benzene rings is 1. The Kier molecular flexibility index (Phi) is 3.85. The molecule has 3 rings (SSSR count). The molecule has 20 heavy (non-hydrogen) atoms. The van der Waals surface area contributed by atoms with Gasteiger partial charge in [-0.3, -0.25) is 0 Å². The lowest BCUT2D eigenvalue weighted by Gasteiger charge is -2.15. The van der Waals surface area contributed by atoms with Crippen molar-refractivity contribution in [2.45, 2.75) is 25.2 Å². The van der Waals surface area contributed by atoms with Crippen LogP contribution in [-0.4, -0.2) is 37.5 Å². The summed E-state index contributed by atoms with van der Waals surface area (Å²) in [7, 11) is 0. The third-order valence-corrected chi connectivity index (χ3v) is 3.73. The van der Waals surface area contributed by atoms with Gasteiger partial charge in [0.2, 0.25) is 0 Å². The predicted molar refractivity (Wildman–Crippen MR) is 74.0 cm³/mol. The van der Waals surface area contributed by atoms with Gasteiger partial charge in [0, 0.05) is 12.0 Å². The van der Waals surface area contributed by atoms with E-state index in [9.17, 15) is 4.79 Å². The van der Waals surface area contributed by atoms with Crippen molar-refractivity contribution in [1.29, 1.82) is 0 Å². The molecule has 4 nitrogen and oxygen atoms in total. The number of fused-ring (bicyclic) bond motifs is 1. The Hall–Kier alpha value is -1.65. The Bertz CT molecular complexity index is 496. The third kappa shape index (κ3) is 2.76. The summed E-state index contributed by atoms with van der Waals surface area (Å²) in [6, 6.07) is 9.65. The number of carbonyl (C=O) groups is 1. The molecule has 0 aromatic heterocycles. The molecule has 0 bridgehead atoms. The summed E-state index contributed by atoms with van der Waals surface area (Å²) in [6.45, 7) is 3.18. The highest BCUT2D eigenvalue weighted by atomic mass is 16.6. The van der Waals surface area contributed by atoms with Gasteiger partial charge in [0.05, 0.1) is 19.3 Å². The first-order valence-electron chi connectivity index (χ1n) is 6.91. The average molecular weight is 274 g/mol. The fourth-order valence-corrected chi connectivity index (χ4v) is 2.67. The lowest BCUT2D eigenvalue weighted by molar-refractivity contribution is -0.147. The molecule has 0 N–H and O–H groups in total. The van der Waals surface area contributed by atoms with Gasteiger partial charge in [-0.2, -0.15) is 0 Å². The Morgan fingerprint density at radius 1 is 1.20 bits per heavy atom. The summed E-state index contributed by atoms with van der Waals surface area (Å²) in [5.74, 6) is 0.00909. The molecule has 106 valence electrons. The fraction of sp³-hybridized carbons (Fsp3) is 0.438. The van der Waals surface area contributed by atoms with Crippen LogP contribution in [0.4, 0.5) is 0 Å². The first-order chi connectivity index (χ1) is 9.74. The molecule has 2 saturated heterocycles. The molecule has 2 aliphatic heterocycles. The molecule has 1 aromatic carbocycles. The van der Waals surface area contributed by atoms with E-state index >= 15 is 0 Å². The smallest absolute Gasteiger partial charge is 0.331 e. The molecule has 4 atom stereocenters. The molecule has 2 heterocycles. The molecule has 0 aliphatic carbocycles. The highest BCUT2D eigenvalue weighted by Gasteiger charge is 2.47. The van der Waals surface area contributed by atoms with Crippen molar-refractivity contribution in [3.63, 3.8) is 0 Å². The van der Waals surface area contributed by atoms with E-state index in [2.05, 4.69) is 6.92 Å². The van der Waals surface area contributed by atoms with Gasteiger partial charge in [-0.15, -0.1) is 0 Å². The van der Waals surface area contributed by atoms with E-state index < -0.39 is 0 Å². The summed E-state index contributed by atoms with van der Waals surface area (Å²) < 4.78 is 16.7. The molecule has 1 aromatic rings. The monoisotopic (exact) mass is 274 g/mol. The molecule has 0 spiro atoms. The molecule has 0 amide bonds. The van der Waals surface area contributed by atoms with Gasteiger partial charge in [-0.1, -0.05) is 37.3 Å². The lowest BCUT2D eigenvalue weighted by atomic mass is 10.0. The minimum Gasteiger partial charge on any atom is -0.454 e. The van der Waals surface area contributed by atoms with Gasteiger partial charge in [-0.05, 0) is 11.6 Å². The van der Waals surface area contributed by atoms with Crippen LogP contribution >= 0.6 is 0 Å². The minimum atomic E-state index is -0.355. The first-order valence-corrected chi connectivity index (χ1v) is 6.91. The minimum absolute atomic E-state index is 0.0610. The summed E-state index contributed by atoms with van der Waals surface area (Å²) in [5.41, 5.74) is 0.968. The first kappa shape index (κ1) is 13.3. The van der Waals surface area contributed by atoms with Crippen molar-refractivity contribution in [3.05, 3.63) is 42.0 Å². The molecule has 2 fully saturated rings. The number of hydrogen-bond acceptors (Lipinski definition) is 4. The van der Waals surface area contributed by atoms with E-state index in [0.29, 0.717) is 19.1 Å². The van der Waals surface area contributed by atoms with Crippen molar-refractivity contribution in [1.82, 2.24) is 0 Å². The van der Waals surface area contributed by atoms with E-state index in [1.165, 1.54) is 6.08 Å². The molecule has 0 unspecified atom stereocenters. The fourth-order valence-electron chi connectivity index (χ4n) is 2.67. The maximum Gasteiger partial charge on any atom is 0.331 e. The normalized spacial score (nSPS) is 32.5. The van der Waals surface area contributed by atoms with Crippen LogP contribution in [0.5, 0.6) is 0 Å². The quantitative estimate of drug-likeness (QED) is 0.625. The maximum absolute atomic E-state index is 11.8. The van der Waals surface area contributed by atoms with Crippen LogP contribution in [0.15, 0.2) is 36.4 Å². The van der Waals surface area contributed by atoms with Crippen molar-refractivity contribution in [2.75, 3.05) is 13.2 Å². The Morgan fingerprint density at radius 2 is 1.95 bits per heavy atom. The van der Waals surface area contributed by atoms with Gasteiger partial charge in [0.1, 0.15) is 6.10 Å². The van der Waals surface area contributed by atoms with E-state index in [-0.39, 0.29) is 24.3 Å². The van der Waals surface area contributed by atoms with Crippen molar-refractivity contribution in [2.24, 2.45) is 5.92 Å². The number of rotatable bonds is 3. The second-order valence-electron chi connectivity index (χ2n) is 5.29.